The predicted octanol–water partition coefficient (Wildman–Crippen LogP) is 3.21. The van der Waals surface area contributed by atoms with Gasteiger partial charge in [0.1, 0.15) is 0 Å². The molecule has 2 rings (SSSR count). The Morgan fingerprint density at radius 1 is 1.00 bits per heavy atom. The van der Waals surface area contributed by atoms with Crippen molar-refractivity contribution in [3.8, 4) is 0 Å². The minimum Gasteiger partial charge on any atom is -0.350 e. The van der Waals surface area contributed by atoms with Gasteiger partial charge in [0.05, 0.1) is 0 Å². The van der Waals surface area contributed by atoms with Crippen LogP contribution in [-0.2, 0) is 0 Å². The molecule has 0 saturated heterocycles. The molecule has 0 heterocycles. The van der Waals surface area contributed by atoms with Crippen molar-refractivity contribution in [2.24, 2.45) is 5.73 Å². The fourth-order valence-corrected chi connectivity index (χ4v) is 2.61. The lowest BCUT2D eigenvalue weighted by atomic mass is 9.94. The number of carbonyl (C=O) groups excluding carboxylic acids is 2. The van der Waals surface area contributed by atoms with E-state index in [1.807, 2.05) is 44.2 Å². The molecular formula is C21H27N3O2. The quantitative estimate of drug-likeness (QED) is 0.802. The first-order chi connectivity index (χ1) is 12.4. The minimum atomic E-state index is -0.406. The smallest absolute Gasteiger partial charge is 0.258 e. The summed E-state index contributed by atoms with van der Waals surface area (Å²) in [4.78, 5) is 26.7. The summed E-state index contributed by atoms with van der Waals surface area (Å²) < 4.78 is 0. The molecule has 0 unspecified atom stereocenters. The Bertz CT molecular complexity index is 755. The van der Waals surface area contributed by atoms with E-state index in [1.54, 1.807) is 36.2 Å². The predicted molar refractivity (Wildman–Crippen MR) is 105 cm³/mol. The van der Waals surface area contributed by atoms with Crippen molar-refractivity contribution in [2.45, 2.75) is 32.2 Å². The third kappa shape index (κ3) is 4.70. The zero-order chi connectivity index (χ0) is 19.2. The van der Waals surface area contributed by atoms with Gasteiger partial charge < -0.3 is 16.0 Å². The summed E-state index contributed by atoms with van der Waals surface area (Å²) in [6.45, 7) is 4.42. The molecule has 2 aromatic rings. The van der Waals surface area contributed by atoms with Crippen molar-refractivity contribution in [1.82, 2.24) is 5.32 Å². The Labute approximate surface area is 155 Å². The highest BCUT2D eigenvalue weighted by Gasteiger charge is 2.21. The summed E-state index contributed by atoms with van der Waals surface area (Å²) in [5.41, 5.74) is 7.54. The number of para-hydroxylation sites is 1. The van der Waals surface area contributed by atoms with E-state index in [2.05, 4.69) is 5.32 Å². The fourth-order valence-electron chi connectivity index (χ4n) is 2.61. The summed E-state index contributed by atoms with van der Waals surface area (Å²) in [6, 6.07) is 16.1. The van der Waals surface area contributed by atoms with Gasteiger partial charge in [0, 0.05) is 35.9 Å². The molecule has 0 bridgehead atoms. The van der Waals surface area contributed by atoms with Crippen LogP contribution in [0, 0.1) is 0 Å². The SMILES string of the molecule is CCC(N)(CC)CNC(=O)c1cccc(C(=O)N(C)c2ccccc2)c1. The monoisotopic (exact) mass is 353 g/mol. The number of nitrogens with zero attached hydrogens (tertiary/aromatic N) is 1. The molecular weight excluding hydrogens is 326 g/mol. The van der Waals surface area contributed by atoms with Crippen molar-refractivity contribution < 1.29 is 9.59 Å². The van der Waals surface area contributed by atoms with Crippen molar-refractivity contribution in [2.75, 3.05) is 18.5 Å². The number of nitrogens with one attached hydrogen (secondary N) is 1. The highest BCUT2D eigenvalue weighted by molar-refractivity contribution is 6.07. The van der Waals surface area contributed by atoms with Crippen molar-refractivity contribution in [3.63, 3.8) is 0 Å². The van der Waals surface area contributed by atoms with Gasteiger partial charge in [-0.25, -0.2) is 0 Å². The van der Waals surface area contributed by atoms with Crippen LogP contribution in [0.4, 0.5) is 5.69 Å². The second-order valence-corrected chi connectivity index (χ2v) is 6.53. The molecule has 0 aromatic heterocycles. The zero-order valence-corrected chi connectivity index (χ0v) is 15.7. The van der Waals surface area contributed by atoms with E-state index in [0.717, 1.165) is 18.5 Å². The second kappa shape index (κ2) is 8.63. The lowest BCUT2D eigenvalue weighted by molar-refractivity contribution is 0.0942. The molecule has 0 atom stereocenters. The van der Waals surface area contributed by atoms with Gasteiger partial charge in [0.15, 0.2) is 0 Å². The third-order valence-electron chi connectivity index (χ3n) is 4.83. The van der Waals surface area contributed by atoms with Crippen LogP contribution in [0.5, 0.6) is 0 Å². The molecule has 0 aliphatic heterocycles. The number of rotatable bonds is 7. The van der Waals surface area contributed by atoms with Crippen LogP contribution in [-0.4, -0.2) is 30.9 Å². The molecule has 26 heavy (non-hydrogen) atoms. The summed E-state index contributed by atoms with van der Waals surface area (Å²) in [6.07, 6.45) is 1.56. The van der Waals surface area contributed by atoms with Crippen LogP contribution < -0.4 is 16.0 Å². The Morgan fingerprint density at radius 3 is 2.23 bits per heavy atom. The van der Waals surface area contributed by atoms with Gasteiger partial charge in [0.25, 0.3) is 11.8 Å². The van der Waals surface area contributed by atoms with Gasteiger partial charge >= 0.3 is 0 Å². The van der Waals surface area contributed by atoms with Gasteiger partial charge in [0.2, 0.25) is 0 Å². The maximum atomic E-state index is 12.7. The number of nitrogens with two attached hydrogens (primary N) is 1. The Kier molecular flexibility index (Phi) is 6.52. The van der Waals surface area contributed by atoms with Crippen molar-refractivity contribution in [1.29, 1.82) is 0 Å². The third-order valence-corrected chi connectivity index (χ3v) is 4.83. The Hall–Kier alpha value is -2.66. The maximum Gasteiger partial charge on any atom is 0.258 e. The molecule has 2 aromatic carbocycles. The first-order valence-corrected chi connectivity index (χ1v) is 8.90. The summed E-state index contributed by atoms with van der Waals surface area (Å²) in [5, 5.41) is 2.88. The van der Waals surface area contributed by atoms with Crippen LogP contribution in [0.15, 0.2) is 54.6 Å². The summed E-state index contributed by atoms with van der Waals surface area (Å²) in [5.74, 6) is -0.389. The number of hydrogen-bond acceptors (Lipinski definition) is 3. The van der Waals surface area contributed by atoms with Gasteiger partial charge in [-0.3, -0.25) is 9.59 Å². The first-order valence-electron chi connectivity index (χ1n) is 8.90. The minimum absolute atomic E-state index is 0.166. The molecule has 138 valence electrons. The van der Waals surface area contributed by atoms with Crippen LogP contribution >= 0.6 is 0 Å². The Balaban J connectivity index is 2.12. The molecule has 5 heteroatoms. The van der Waals surface area contributed by atoms with Gasteiger partial charge in [-0.1, -0.05) is 38.1 Å². The molecule has 0 fully saturated rings. The summed E-state index contributed by atoms with van der Waals surface area (Å²) >= 11 is 0. The maximum absolute atomic E-state index is 12.7. The molecule has 0 saturated carbocycles. The average molecular weight is 353 g/mol. The molecule has 0 spiro atoms. The molecule has 0 aliphatic rings. The van der Waals surface area contributed by atoms with Crippen LogP contribution in [0.25, 0.3) is 0 Å². The lowest BCUT2D eigenvalue weighted by Gasteiger charge is -2.26. The molecule has 2 amide bonds. The largest absolute Gasteiger partial charge is 0.350 e. The van der Waals surface area contributed by atoms with E-state index in [9.17, 15) is 9.59 Å². The number of amides is 2. The number of carbonyl (C=O) groups is 2. The van der Waals surface area contributed by atoms with E-state index in [1.165, 1.54) is 0 Å². The normalized spacial score (nSPS) is 11.1. The van der Waals surface area contributed by atoms with E-state index in [0.29, 0.717) is 17.7 Å². The highest BCUT2D eigenvalue weighted by atomic mass is 16.2. The Morgan fingerprint density at radius 2 is 1.62 bits per heavy atom. The highest BCUT2D eigenvalue weighted by Crippen LogP contribution is 2.16. The molecule has 0 aliphatic carbocycles. The van der Waals surface area contributed by atoms with E-state index in [4.69, 9.17) is 5.73 Å². The lowest BCUT2D eigenvalue weighted by Crippen LogP contribution is -2.49. The van der Waals surface area contributed by atoms with Gasteiger partial charge in [-0.05, 0) is 43.2 Å². The van der Waals surface area contributed by atoms with Gasteiger partial charge in [-0.2, -0.15) is 0 Å². The summed E-state index contributed by atoms with van der Waals surface area (Å²) in [7, 11) is 1.72. The zero-order valence-electron chi connectivity index (χ0n) is 15.7. The van der Waals surface area contributed by atoms with Crippen molar-refractivity contribution in [3.05, 3.63) is 65.7 Å². The van der Waals surface area contributed by atoms with Crippen LogP contribution in [0.3, 0.4) is 0 Å². The molecule has 3 N–H and O–H groups in total. The van der Waals surface area contributed by atoms with Crippen LogP contribution in [0.1, 0.15) is 47.4 Å². The standard InChI is InChI=1S/C21H27N3O2/c1-4-21(22,5-2)15-23-19(25)16-10-9-11-17(14-16)20(26)24(3)18-12-7-6-8-13-18/h6-14H,4-5,15,22H2,1-3H3,(H,23,25). The molecule has 5 nitrogen and oxygen atoms in total. The molecule has 0 radical (unpaired) electrons. The van der Waals surface area contributed by atoms with Crippen LogP contribution in [0.2, 0.25) is 0 Å². The van der Waals surface area contributed by atoms with E-state index >= 15 is 0 Å². The van der Waals surface area contributed by atoms with E-state index < -0.39 is 5.54 Å². The first kappa shape index (κ1) is 19.7. The fraction of sp³-hybridized carbons (Fsp3) is 0.333. The van der Waals surface area contributed by atoms with E-state index in [-0.39, 0.29) is 11.8 Å². The number of anilines is 1. The average Bonchev–Trinajstić information content (AvgIpc) is 2.71. The number of benzene rings is 2. The topological polar surface area (TPSA) is 75.4 Å². The van der Waals surface area contributed by atoms with Crippen molar-refractivity contribution >= 4 is 17.5 Å². The number of hydrogen-bond donors (Lipinski definition) is 2. The second-order valence-electron chi connectivity index (χ2n) is 6.53. The van der Waals surface area contributed by atoms with Gasteiger partial charge in [-0.15, -0.1) is 0 Å².